The maximum Gasteiger partial charge on any atom is 0.179 e. The van der Waals surface area contributed by atoms with E-state index < -0.39 is 0 Å². The summed E-state index contributed by atoms with van der Waals surface area (Å²) in [5.41, 5.74) is 3.37. The van der Waals surface area contributed by atoms with E-state index in [4.69, 9.17) is 12.2 Å². The molecule has 2 aliphatic carbocycles. The van der Waals surface area contributed by atoms with Crippen LogP contribution in [0.2, 0.25) is 0 Å². The van der Waals surface area contributed by atoms with Crippen molar-refractivity contribution in [2.75, 3.05) is 0 Å². The van der Waals surface area contributed by atoms with Crippen LogP contribution in [0, 0.1) is 29.4 Å². The minimum atomic E-state index is 0.827. The van der Waals surface area contributed by atoms with Crippen LogP contribution >= 0.6 is 12.2 Å². The number of rotatable bonds is 4. The Kier molecular flexibility index (Phi) is 2.56. The summed E-state index contributed by atoms with van der Waals surface area (Å²) >= 11 is 5.51. The number of hydrogen-bond donors (Lipinski definition) is 1. The molecule has 2 aromatic heterocycles. The quantitative estimate of drug-likeness (QED) is 0.859. The first kappa shape index (κ1) is 11.6. The fraction of sp³-hybridized carbons (Fsp3) is 0.600. The zero-order valence-corrected chi connectivity index (χ0v) is 12.0. The Morgan fingerprint density at radius 3 is 2.68 bits per heavy atom. The third-order valence-corrected chi connectivity index (χ3v) is 5.04. The molecule has 0 amide bonds. The van der Waals surface area contributed by atoms with E-state index in [9.17, 15) is 0 Å². The highest BCUT2D eigenvalue weighted by Gasteiger charge is 2.41. The van der Waals surface area contributed by atoms with Crippen molar-refractivity contribution in [3.63, 3.8) is 0 Å². The molecule has 0 aliphatic heterocycles. The molecule has 3 nitrogen and oxygen atoms in total. The van der Waals surface area contributed by atoms with Crippen LogP contribution < -0.4 is 0 Å². The Morgan fingerprint density at radius 2 is 2.05 bits per heavy atom. The van der Waals surface area contributed by atoms with E-state index in [0.29, 0.717) is 0 Å². The summed E-state index contributed by atoms with van der Waals surface area (Å²) in [6, 6.07) is 2.04. The van der Waals surface area contributed by atoms with Crippen molar-refractivity contribution in [2.45, 2.75) is 39.2 Å². The molecule has 2 aromatic rings. The lowest BCUT2D eigenvalue weighted by Gasteiger charge is -2.16. The van der Waals surface area contributed by atoms with Crippen LogP contribution in [0.3, 0.4) is 0 Å². The summed E-state index contributed by atoms with van der Waals surface area (Å²) in [6.45, 7) is 3.17. The van der Waals surface area contributed by atoms with Crippen molar-refractivity contribution >= 4 is 23.4 Å². The number of nitrogens with one attached hydrogen (secondary N) is 1. The van der Waals surface area contributed by atoms with Crippen molar-refractivity contribution in [3.8, 4) is 0 Å². The van der Waals surface area contributed by atoms with E-state index in [2.05, 4.69) is 21.5 Å². The predicted molar refractivity (Wildman–Crippen MR) is 78.6 cm³/mol. The number of aryl methyl sites for hydroxylation is 1. The highest BCUT2D eigenvalue weighted by atomic mass is 32.1. The molecule has 4 rings (SSSR count). The third-order valence-electron chi connectivity index (χ3n) is 4.72. The summed E-state index contributed by atoms with van der Waals surface area (Å²) in [7, 11) is 0. The standard InChI is InChI=1S/C15H19N3S/c1-9-6-7-16-14-13(9)17-15(19)18(14)8-12(10-2-3-10)11-4-5-11/h6-7,10-12H,2-5,8H2,1H3,(H,17,19). The lowest BCUT2D eigenvalue weighted by molar-refractivity contribution is 0.351. The van der Waals surface area contributed by atoms with Gasteiger partial charge in [-0.05, 0) is 74.2 Å². The van der Waals surface area contributed by atoms with Gasteiger partial charge < -0.3 is 9.55 Å². The highest BCUT2D eigenvalue weighted by Crippen LogP contribution is 2.50. The molecule has 100 valence electrons. The molecular formula is C15H19N3S. The second-order valence-electron chi connectivity index (χ2n) is 6.21. The van der Waals surface area contributed by atoms with Crippen molar-refractivity contribution in [3.05, 3.63) is 22.6 Å². The molecule has 0 saturated heterocycles. The first-order valence-electron chi connectivity index (χ1n) is 7.28. The van der Waals surface area contributed by atoms with Crippen molar-refractivity contribution < 1.29 is 0 Å². The molecule has 2 aliphatic rings. The maximum atomic E-state index is 5.51. The number of aromatic amines is 1. The molecule has 0 atom stereocenters. The summed E-state index contributed by atoms with van der Waals surface area (Å²) in [4.78, 5) is 7.88. The van der Waals surface area contributed by atoms with Gasteiger partial charge in [0.05, 0.1) is 5.52 Å². The van der Waals surface area contributed by atoms with E-state index >= 15 is 0 Å². The SMILES string of the molecule is Cc1ccnc2c1[nH]c(=S)n2CC(C1CC1)C1CC1. The number of H-pyrrole nitrogens is 1. The summed E-state index contributed by atoms with van der Waals surface area (Å²) in [6.07, 6.45) is 7.57. The summed E-state index contributed by atoms with van der Waals surface area (Å²) < 4.78 is 3.07. The van der Waals surface area contributed by atoms with Crippen LogP contribution in [0.15, 0.2) is 12.3 Å². The molecule has 0 spiro atoms. The maximum absolute atomic E-state index is 5.51. The van der Waals surface area contributed by atoms with Gasteiger partial charge >= 0.3 is 0 Å². The number of fused-ring (bicyclic) bond motifs is 1. The van der Waals surface area contributed by atoms with E-state index in [1.165, 1.54) is 31.2 Å². The Balaban J connectivity index is 1.75. The second kappa shape index (κ2) is 4.17. The third kappa shape index (κ3) is 2.02. The van der Waals surface area contributed by atoms with Crippen LogP contribution in [-0.4, -0.2) is 14.5 Å². The minimum absolute atomic E-state index is 0.827. The fourth-order valence-corrected chi connectivity index (χ4v) is 3.55. The molecule has 0 unspecified atom stereocenters. The topological polar surface area (TPSA) is 33.6 Å². The zero-order chi connectivity index (χ0) is 13.0. The number of nitrogens with zero attached hydrogens (tertiary/aromatic N) is 2. The monoisotopic (exact) mass is 273 g/mol. The van der Waals surface area contributed by atoms with Crippen LogP contribution in [0.25, 0.3) is 11.2 Å². The lowest BCUT2D eigenvalue weighted by atomic mass is 9.98. The zero-order valence-electron chi connectivity index (χ0n) is 11.2. The van der Waals surface area contributed by atoms with E-state index in [1.807, 2.05) is 12.3 Å². The van der Waals surface area contributed by atoms with Gasteiger partial charge in [-0.3, -0.25) is 0 Å². The van der Waals surface area contributed by atoms with Crippen molar-refractivity contribution in [2.24, 2.45) is 17.8 Å². The van der Waals surface area contributed by atoms with Crippen LogP contribution in [0.4, 0.5) is 0 Å². The molecule has 0 radical (unpaired) electrons. The highest BCUT2D eigenvalue weighted by molar-refractivity contribution is 7.71. The van der Waals surface area contributed by atoms with Gasteiger partial charge in [0.15, 0.2) is 10.4 Å². The number of imidazole rings is 1. The van der Waals surface area contributed by atoms with Gasteiger partial charge in [0.2, 0.25) is 0 Å². The Bertz CT molecular complexity index is 664. The molecule has 0 aromatic carbocycles. The second-order valence-corrected chi connectivity index (χ2v) is 6.59. The van der Waals surface area contributed by atoms with Gasteiger partial charge in [-0.15, -0.1) is 0 Å². The number of hydrogen-bond acceptors (Lipinski definition) is 2. The molecule has 19 heavy (non-hydrogen) atoms. The van der Waals surface area contributed by atoms with Crippen LogP contribution in [0.5, 0.6) is 0 Å². The molecule has 2 fully saturated rings. The molecule has 4 heteroatoms. The molecule has 2 heterocycles. The predicted octanol–water partition coefficient (Wildman–Crippen LogP) is 3.84. The molecule has 2 saturated carbocycles. The van der Waals surface area contributed by atoms with Crippen LogP contribution in [-0.2, 0) is 6.54 Å². The van der Waals surface area contributed by atoms with E-state index in [-0.39, 0.29) is 0 Å². The molecular weight excluding hydrogens is 254 g/mol. The molecule has 0 bridgehead atoms. The summed E-state index contributed by atoms with van der Waals surface area (Å²) in [5.74, 6) is 2.72. The lowest BCUT2D eigenvalue weighted by Crippen LogP contribution is -2.15. The number of aromatic nitrogens is 3. The van der Waals surface area contributed by atoms with E-state index in [1.54, 1.807) is 0 Å². The van der Waals surface area contributed by atoms with Gasteiger partial charge in [-0.25, -0.2) is 4.98 Å². The van der Waals surface area contributed by atoms with Crippen LogP contribution in [0.1, 0.15) is 31.2 Å². The van der Waals surface area contributed by atoms with Gasteiger partial charge in [-0.2, -0.15) is 0 Å². The van der Waals surface area contributed by atoms with E-state index in [0.717, 1.165) is 40.2 Å². The summed E-state index contributed by atoms with van der Waals surface area (Å²) in [5, 5.41) is 0. The first-order valence-corrected chi connectivity index (χ1v) is 7.69. The number of pyridine rings is 1. The van der Waals surface area contributed by atoms with Gasteiger partial charge in [-0.1, -0.05) is 0 Å². The largest absolute Gasteiger partial charge is 0.329 e. The fourth-order valence-electron chi connectivity index (χ4n) is 3.29. The smallest absolute Gasteiger partial charge is 0.179 e. The Labute approximate surface area is 118 Å². The molecule has 1 N–H and O–H groups in total. The van der Waals surface area contributed by atoms with Crippen molar-refractivity contribution in [1.29, 1.82) is 0 Å². The normalized spacial score (nSPS) is 19.5. The average Bonchev–Trinajstić information content (AvgIpc) is 3.26. The van der Waals surface area contributed by atoms with Gasteiger partial charge in [0.1, 0.15) is 0 Å². The van der Waals surface area contributed by atoms with Crippen molar-refractivity contribution in [1.82, 2.24) is 14.5 Å². The Morgan fingerprint density at radius 1 is 1.37 bits per heavy atom. The van der Waals surface area contributed by atoms with Gasteiger partial charge in [0.25, 0.3) is 0 Å². The minimum Gasteiger partial charge on any atom is -0.329 e. The van der Waals surface area contributed by atoms with Gasteiger partial charge in [0, 0.05) is 12.7 Å². The Hall–Kier alpha value is -1.16. The first-order chi connectivity index (χ1) is 9.24. The average molecular weight is 273 g/mol.